The molecule has 186 valence electrons. The molecule has 6 rings (SSSR count). The van der Waals surface area contributed by atoms with Crippen LogP contribution < -0.4 is 15.0 Å². The summed E-state index contributed by atoms with van der Waals surface area (Å²) in [7, 11) is 1.47. The number of nitrogens with zero attached hydrogens (tertiary/aromatic N) is 2. The lowest BCUT2D eigenvalue weighted by Gasteiger charge is -2.35. The zero-order valence-electron chi connectivity index (χ0n) is 19.6. The number of hydrogen-bond acceptors (Lipinski definition) is 5. The molecule has 3 heterocycles. The van der Waals surface area contributed by atoms with E-state index in [1.165, 1.54) is 25.3 Å². The fourth-order valence-electron chi connectivity index (χ4n) is 5.71. The molecule has 2 saturated heterocycles. The van der Waals surface area contributed by atoms with Gasteiger partial charge in [0.25, 0.3) is 0 Å². The molecule has 0 aliphatic carbocycles. The van der Waals surface area contributed by atoms with Crippen molar-refractivity contribution in [3.63, 3.8) is 0 Å². The number of hydrogen-bond donors (Lipinski definition) is 1. The zero-order chi connectivity index (χ0) is 25.8. The van der Waals surface area contributed by atoms with Gasteiger partial charge in [-0.15, -0.1) is 0 Å². The van der Waals surface area contributed by atoms with E-state index in [9.17, 15) is 18.8 Å². The quantitative estimate of drug-likeness (QED) is 0.510. The van der Waals surface area contributed by atoms with Crippen molar-refractivity contribution >= 4 is 46.8 Å². The van der Waals surface area contributed by atoms with Crippen LogP contribution in [-0.4, -0.2) is 35.8 Å². The van der Waals surface area contributed by atoms with Crippen molar-refractivity contribution in [2.75, 3.05) is 17.3 Å². The van der Waals surface area contributed by atoms with Gasteiger partial charge in [-0.2, -0.15) is 0 Å². The van der Waals surface area contributed by atoms with E-state index < -0.39 is 47.5 Å². The van der Waals surface area contributed by atoms with Gasteiger partial charge in [-0.05, 0) is 47.5 Å². The first kappa shape index (κ1) is 23.2. The first-order chi connectivity index (χ1) is 17.9. The highest BCUT2D eigenvalue weighted by molar-refractivity contribution is 6.31. The Morgan fingerprint density at radius 3 is 2.51 bits per heavy atom. The minimum atomic E-state index is -1.03. The monoisotopic (exact) mass is 517 g/mol. The summed E-state index contributed by atoms with van der Waals surface area (Å²) in [6.45, 7) is 0. The minimum absolute atomic E-state index is 0.117. The molecule has 0 saturated carbocycles. The molecular formula is C28H21ClFN3O4. The van der Waals surface area contributed by atoms with E-state index in [4.69, 9.17) is 16.3 Å². The molecule has 2 fully saturated rings. The van der Waals surface area contributed by atoms with Crippen LogP contribution in [0, 0.1) is 17.7 Å². The fourth-order valence-corrected chi connectivity index (χ4v) is 5.88. The molecule has 0 unspecified atom stereocenters. The second kappa shape index (κ2) is 8.74. The van der Waals surface area contributed by atoms with Crippen molar-refractivity contribution in [3.05, 3.63) is 94.9 Å². The van der Waals surface area contributed by atoms with Gasteiger partial charge in [-0.3, -0.25) is 14.4 Å². The number of methoxy groups -OCH3 is 1. The summed E-state index contributed by atoms with van der Waals surface area (Å²) in [5, 5.41) is 3.23. The number of para-hydroxylation sites is 1. The number of anilines is 2. The van der Waals surface area contributed by atoms with Crippen LogP contribution in [0.1, 0.15) is 17.2 Å². The van der Waals surface area contributed by atoms with E-state index in [0.717, 1.165) is 16.0 Å². The van der Waals surface area contributed by atoms with Crippen LogP contribution in [0.2, 0.25) is 5.02 Å². The molecule has 1 N–H and O–H groups in total. The highest BCUT2D eigenvalue weighted by Crippen LogP contribution is 2.53. The molecular weight excluding hydrogens is 497 g/mol. The van der Waals surface area contributed by atoms with Gasteiger partial charge in [-0.1, -0.05) is 48.0 Å². The Hall–Kier alpha value is -4.17. The van der Waals surface area contributed by atoms with Crippen molar-refractivity contribution in [1.29, 1.82) is 0 Å². The average molecular weight is 518 g/mol. The number of carbonyl (C=O) groups excluding carboxylic acids is 3. The normalized spacial score (nSPS) is 23.5. The maximum Gasteiger partial charge on any atom is 0.248 e. The largest absolute Gasteiger partial charge is 0.495 e. The standard InChI is InChI=1S/C28H21ClFN3O4/c1-37-21-11-10-16(29)14-19(21)31-26(34)25-23-22(24-17-7-3-2-6-15(17)12-13-32(24)25)27(35)33(28(23)36)20-9-5-4-8-18(20)30/h2-14,22-25H,1H3,(H,31,34)/t22-,23+,24+,25-/m0/s1. The van der Waals surface area contributed by atoms with E-state index in [2.05, 4.69) is 5.32 Å². The Bertz CT molecular complexity index is 1490. The lowest BCUT2D eigenvalue weighted by molar-refractivity contribution is -0.128. The van der Waals surface area contributed by atoms with Crippen LogP contribution >= 0.6 is 11.6 Å². The highest BCUT2D eigenvalue weighted by atomic mass is 35.5. The van der Waals surface area contributed by atoms with Crippen LogP contribution in [0.15, 0.2) is 72.9 Å². The van der Waals surface area contributed by atoms with E-state index in [1.807, 2.05) is 30.3 Å². The maximum atomic E-state index is 14.7. The Kier molecular flexibility index (Phi) is 5.49. The Labute approximate surface area is 217 Å². The number of fused-ring (bicyclic) bond motifs is 5. The van der Waals surface area contributed by atoms with Gasteiger partial charge in [0, 0.05) is 11.2 Å². The third-order valence-electron chi connectivity index (χ3n) is 7.24. The number of rotatable bonds is 4. The van der Waals surface area contributed by atoms with Gasteiger partial charge in [-0.25, -0.2) is 9.29 Å². The molecule has 3 amide bonds. The Balaban J connectivity index is 1.46. The summed E-state index contributed by atoms with van der Waals surface area (Å²) in [5.74, 6) is -3.85. The molecule has 0 bridgehead atoms. The number of imide groups is 1. The number of nitrogens with one attached hydrogen (secondary N) is 1. The molecule has 3 aromatic rings. The van der Waals surface area contributed by atoms with Crippen LogP contribution in [-0.2, 0) is 14.4 Å². The lowest BCUT2D eigenvalue weighted by atomic mass is 9.84. The molecule has 3 aliphatic heterocycles. The molecule has 0 aromatic heterocycles. The van der Waals surface area contributed by atoms with Gasteiger partial charge in [0.05, 0.1) is 36.4 Å². The number of halogens is 2. The van der Waals surface area contributed by atoms with Crippen LogP contribution in [0.25, 0.3) is 6.08 Å². The number of carbonyl (C=O) groups is 3. The van der Waals surface area contributed by atoms with Gasteiger partial charge in [0.2, 0.25) is 17.7 Å². The van der Waals surface area contributed by atoms with Gasteiger partial charge >= 0.3 is 0 Å². The van der Waals surface area contributed by atoms with Crippen molar-refractivity contribution in [2.24, 2.45) is 11.8 Å². The maximum absolute atomic E-state index is 14.7. The fraction of sp³-hybridized carbons (Fsp3) is 0.179. The molecule has 37 heavy (non-hydrogen) atoms. The van der Waals surface area contributed by atoms with Gasteiger partial charge in [0.1, 0.15) is 17.6 Å². The third-order valence-corrected chi connectivity index (χ3v) is 7.48. The first-order valence-corrected chi connectivity index (χ1v) is 12.1. The van der Waals surface area contributed by atoms with Crippen molar-refractivity contribution in [2.45, 2.75) is 12.1 Å². The van der Waals surface area contributed by atoms with Crippen molar-refractivity contribution < 1.29 is 23.5 Å². The lowest BCUT2D eigenvalue weighted by Crippen LogP contribution is -2.46. The van der Waals surface area contributed by atoms with E-state index in [-0.39, 0.29) is 5.69 Å². The number of benzene rings is 3. The molecule has 0 radical (unpaired) electrons. The number of amides is 3. The van der Waals surface area contributed by atoms with E-state index in [0.29, 0.717) is 16.5 Å². The van der Waals surface area contributed by atoms with Gasteiger partial charge in [0.15, 0.2) is 0 Å². The molecule has 0 spiro atoms. The summed E-state index contributed by atoms with van der Waals surface area (Å²) in [5.41, 5.74) is 1.94. The second-order valence-corrected chi connectivity index (χ2v) is 9.57. The molecule has 9 heteroatoms. The summed E-state index contributed by atoms with van der Waals surface area (Å²) in [4.78, 5) is 44.1. The molecule has 3 aliphatic rings. The van der Waals surface area contributed by atoms with E-state index in [1.54, 1.807) is 35.4 Å². The van der Waals surface area contributed by atoms with E-state index >= 15 is 0 Å². The van der Waals surface area contributed by atoms with Crippen LogP contribution in [0.5, 0.6) is 5.75 Å². The second-order valence-electron chi connectivity index (χ2n) is 9.13. The van der Waals surface area contributed by atoms with Crippen LogP contribution in [0.3, 0.4) is 0 Å². The summed E-state index contributed by atoms with van der Waals surface area (Å²) < 4.78 is 20.1. The summed E-state index contributed by atoms with van der Waals surface area (Å²) >= 11 is 6.15. The van der Waals surface area contributed by atoms with Crippen LogP contribution in [0.4, 0.5) is 15.8 Å². The Morgan fingerprint density at radius 1 is 1.00 bits per heavy atom. The Morgan fingerprint density at radius 2 is 1.73 bits per heavy atom. The summed E-state index contributed by atoms with van der Waals surface area (Å²) in [6.07, 6.45) is 3.61. The minimum Gasteiger partial charge on any atom is -0.495 e. The first-order valence-electron chi connectivity index (χ1n) is 11.7. The van der Waals surface area contributed by atoms with Gasteiger partial charge < -0.3 is 15.0 Å². The average Bonchev–Trinajstić information content (AvgIpc) is 3.37. The predicted molar refractivity (Wildman–Crippen MR) is 136 cm³/mol. The third kappa shape index (κ3) is 3.51. The SMILES string of the molecule is COc1ccc(Cl)cc1NC(=O)[C@@H]1[C@@H]2C(=O)N(c3ccccc3F)C(=O)[C@@H]2[C@H]2c3ccccc3C=CN12. The highest BCUT2D eigenvalue weighted by Gasteiger charge is 2.64. The van der Waals surface area contributed by atoms with Crippen molar-refractivity contribution in [3.8, 4) is 5.75 Å². The smallest absolute Gasteiger partial charge is 0.248 e. The predicted octanol–water partition coefficient (Wildman–Crippen LogP) is 4.64. The molecule has 3 aromatic carbocycles. The van der Waals surface area contributed by atoms with Crippen molar-refractivity contribution in [1.82, 2.24) is 4.90 Å². The molecule has 7 nitrogen and oxygen atoms in total. The number of ether oxygens (including phenoxy) is 1. The topological polar surface area (TPSA) is 79.0 Å². The molecule has 4 atom stereocenters. The zero-order valence-corrected chi connectivity index (χ0v) is 20.4. The summed E-state index contributed by atoms with van der Waals surface area (Å²) in [6, 6.07) is 16.4.